The van der Waals surface area contributed by atoms with Crippen LogP contribution in [0.1, 0.15) is 35.0 Å². The van der Waals surface area contributed by atoms with Gasteiger partial charge in [0.1, 0.15) is 5.82 Å². The van der Waals surface area contributed by atoms with Crippen molar-refractivity contribution in [3.8, 4) is 0 Å². The van der Waals surface area contributed by atoms with E-state index < -0.39 is 21.6 Å². The summed E-state index contributed by atoms with van der Waals surface area (Å²) in [6.07, 6.45) is 1.68. The number of nitrogens with zero attached hydrogens (tertiary/aromatic N) is 2. The predicted molar refractivity (Wildman–Crippen MR) is 118 cm³/mol. The molecule has 0 aliphatic carbocycles. The molecule has 31 heavy (non-hydrogen) atoms. The van der Waals surface area contributed by atoms with Crippen molar-refractivity contribution in [2.24, 2.45) is 0 Å². The second kappa shape index (κ2) is 9.72. The van der Waals surface area contributed by atoms with Crippen LogP contribution in [0.25, 0.3) is 0 Å². The fraction of sp³-hybridized carbons (Fsp3) is 0.190. The first kappa shape index (κ1) is 23.1. The molecule has 1 N–H and O–H groups in total. The van der Waals surface area contributed by atoms with Gasteiger partial charge in [-0.05, 0) is 41.8 Å². The molecule has 0 bridgehead atoms. The number of para-hydroxylation sites is 1. The molecule has 0 fully saturated rings. The molecule has 0 atom stereocenters. The zero-order chi connectivity index (χ0) is 22.6. The summed E-state index contributed by atoms with van der Waals surface area (Å²) >= 11 is 11.9. The van der Waals surface area contributed by atoms with Crippen LogP contribution in [-0.4, -0.2) is 30.0 Å². The second-order valence-corrected chi connectivity index (χ2v) is 9.48. The number of hydrogen-bond donors (Lipinski definition) is 1. The van der Waals surface area contributed by atoms with Crippen molar-refractivity contribution in [1.29, 1.82) is 0 Å². The van der Waals surface area contributed by atoms with Crippen LogP contribution in [0.4, 0.5) is 10.1 Å². The van der Waals surface area contributed by atoms with Gasteiger partial charge < -0.3 is 5.32 Å². The molecule has 2 aromatic carbocycles. The minimum atomic E-state index is -3.51. The fourth-order valence-corrected chi connectivity index (χ4v) is 4.97. The number of sulfone groups is 1. The summed E-state index contributed by atoms with van der Waals surface area (Å²) in [5.74, 6) is -1.41. The van der Waals surface area contributed by atoms with Gasteiger partial charge in [-0.25, -0.2) is 22.8 Å². The number of amides is 1. The first-order valence-corrected chi connectivity index (χ1v) is 11.7. The third kappa shape index (κ3) is 5.39. The molecule has 0 spiro atoms. The van der Waals surface area contributed by atoms with Gasteiger partial charge in [0, 0.05) is 12.6 Å². The molecule has 0 radical (unpaired) electrons. The van der Waals surface area contributed by atoms with Crippen LogP contribution in [0.5, 0.6) is 0 Å². The molecule has 3 rings (SSSR count). The summed E-state index contributed by atoms with van der Waals surface area (Å²) in [7, 11) is -3.51. The molecular weight excluding hydrogens is 464 g/mol. The van der Waals surface area contributed by atoms with E-state index in [2.05, 4.69) is 15.3 Å². The van der Waals surface area contributed by atoms with Crippen LogP contribution in [-0.2, 0) is 16.3 Å². The number of carbonyl (C=O) groups excluding carboxylic acids is 1. The SMILES string of the molecule is CCCS(=O)(=O)c1ccccc1Cc1nc(Cl)ncc1C(=O)Nc1c(F)cccc1Cl. The van der Waals surface area contributed by atoms with Crippen LogP contribution in [0, 0.1) is 5.82 Å². The third-order valence-corrected chi connectivity index (χ3v) is 6.93. The highest BCUT2D eigenvalue weighted by molar-refractivity contribution is 7.91. The van der Waals surface area contributed by atoms with Crippen molar-refractivity contribution in [3.63, 3.8) is 0 Å². The Morgan fingerprint density at radius 2 is 1.87 bits per heavy atom. The third-order valence-electron chi connectivity index (χ3n) is 4.42. The number of nitrogens with one attached hydrogen (secondary N) is 1. The zero-order valence-corrected chi connectivity index (χ0v) is 18.7. The molecule has 162 valence electrons. The molecule has 0 saturated heterocycles. The van der Waals surface area contributed by atoms with Crippen LogP contribution in [0.15, 0.2) is 53.6 Å². The summed E-state index contributed by atoms with van der Waals surface area (Å²) in [4.78, 5) is 21.0. The van der Waals surface area contributed by atoms with Crippen molar-refractivity contribution < 1.29 is 17.6 Å². The average Bonchev–Trinajstić information content (AvgIpc) is 2.71. The quantitative estimate of drug-likeness (QED) is 0.482. The maximum atomic E-state index is 14.1. The standard InChI is InChI=1S/C21H18Cl2FN3O3S/c1-2-10-31(29,30)18-9-4-3-6-13(18)11-17-14(12-25-21(23)26-17)20(28)27-19-15(22)7-5-8-16(19)24/h3-9,12H,2,10-11H2,1H3,(H,27,28). The van der Waals surface area contributed by atoms with Gasteiger partial charge in [-0.1, -0.05) is 42.8 Å². The average molecular weight is 482 g/mol. The normalized spacial score (nSPS) is 11.4. The minimum Gasteiger partial charge on any atom is -0.318 e. The van der Waals surface area contributed by atoms with Crippen molar-refractivity contribution in [2.75, 3.05) is 11.1 Å². The maximum absolute atomic E-state index is 14.1. The molecule has 10 heteroatoms. The first-order chi connectivity index (χ1) is 14.7. The van der Waals surface area contributed by atoms with Crippen LogP contribution >= 0.6 is 23.2 Å². The van der Waals surface area contributed by atoms with Gasteiger partial charge in [0.05, 0.1) is 32.6 Å². The maximum Gasteiger partial charge on any atom is 0.259 e. The van der Waals surface area contributed by atoms with E-state index in [0.717, 1.165) is 6.07 Å². The van der Waals surface area contributed by atoms with Gasteiger partial charge >= 0.3 is 0 Å². The monoisotopic (exact) mass is 481 g/mol. The topological polar surface area (TPSA) is 89.0 Å². The lowest BCUT2D eigenvalue weighted by Crippen LogP contribution is -2.18. The molecule has 0 unspecified atom stereocenters. The van der Waals surface area contributed by atoms with Gasteiger partial charge in [-0.3, -0.25) is 4.79 Å². The highest BCUT2D eigenvalue weighted by Gasteiger charge is 2.22. The van der Waals surface area contributed by atoms with E-state index in [4.69, 9.17) is 23.2 Å². The Balaban J connectivity index is 2.00. The Morgan fingerprint density at radius 3 is 2.58 bits per heavy atom. The Bertz CT molecular complexity index is 1220. The largest absolute Gasteiger partial charge is 0.318 e. The summed E-state index contributed by atoms with van der Waals surface area (Å²) in [5, 5.41) is 2.34. The number of rotatable bonds is 7. The molecule has 1 heterocycles. The van der Waals surface area contributed by atoms with Gasteiger partial charge in [0.25, 0.3) is 5.91 Å². The highest BCUT2D eigenvalue weighted by Crippen LogP contribution is 2.26. The molecule has 6 nitrogen and oxygen atoms in total. The van der Waals surface area contributed by atoms with Gasteiger partial charge in [-0.15, -0.1) is 0 Å². The molecule has 0 saturated carbocycles. The van der Waals surface area contributed by atoms with Crippen molar-refractivity contribution in [2.45, 2.75) is 24.7 Å². The number of carbonyl (C=O) groups is 1. The summed E-state index contributed by atoms with van der Waals surface area (Å²) in [6.45, 7) is 1.78. The van der Waals surface area contributed by atoms with Crippen molar-refractivity contribution in [3.05, 3.63) is 81.6 Å². The smallest absolute Gasteiger partial charge is 0.259 e. The van der Waals surface area contributed by atoms with E-state index in [1.807, 2.05) is 0 Å². The van der Waals surface area contributed by atoms with Crippen LogP contribution in [0.3, 0.4) is 0 Å². The first-order valence-electron chi connectivity index (χ1n) is 9.30. The number of aromatic nitrogens is 2. The molecular formula is C21H18Cl2FN3O3S. The van der Waals surface area contributed by atoms with E-state index in [-0.39, 0.29) is 44.3 Å². The highest BCUT2D eigenvalue weighted by atomic mass is 35.5. The number of hydrogen-bond acceptors (Lipinski definition) is 5. The van der Waals surface area contributed by atoms with Gasteiger partial charge in [0.2, 0.25) is 5.28 Å². The predicted octanol–water partition coefficient (Wildman–Crippen LogP) is 4.95. The Hall–Kier alpha value is -2.55. The van der Waals surface area contributed by atoms with E-state index in [1.54, 1.807) is 25.1 Å². The lowest BCUT2D eigenvalue weighted by molar-refractivity contribution is 0.102. The van der Waals surface area contributed by atoms with Gasteiger partial charge in [-0.2, -0.15) is 0 Å². The molecule has 0 aliphatic heterocycles. The second-order valence-electron chi connectivity index (χ2n) is 6.65. The lowest BCUT2D eigenvalue weighted by Gasteiger charge is -2.13. The number of halogens is 3. The van der Waals surface area contributed by atoms with E-state index in [1.165, 1.54) is 24.4 Å². The Morgan fingerprint density at radius 1 is 1.13 bits per heavy atom. The van der Waals surface area contributed by atoms with E-state index in [9.17, 15) is 17.6 Å². The van der Waals surface area contributed by atoms with Crippen LogP contribution < -0.4 is 5.32 Å². The molecule has 3 aromatic rings. The lowest BCUT2D eigenvalue weighted by atomic mass is 10.1. The van der Waals surface area contributed by atoms with E-state index in [0.29, 0.717) is 12.0 Å². The Kier molecular flexibility index (Phi) is 7.25. The fourth-order valence-electron chi connectivity index (χ4n) is 3.03. The van der Waals surface area contributed by atoms with E-state index >= 15 is 0 Å². The summed E-state index contributed by atoms with van der Waals surface area (Å²) in [5.41, 5.74) is 0.500. The number of anilines is 1. The van der Waals surface area contributed by atoms with Crippen molar-refractivity contribution >= 4 is 44.6 Å². The van der Waals surface area contributed by atoms with Gasteiger partial charge in [0.15, 0.2) is 9.84 Å². The minimum absolute atomic E-state index is 0.00628. The molecule has 1 amide bonds. The summed E-state index contributed by atoms with van der Waals surface area (Å²) < 4.78 is 39.4. The number of benzene rings is 2. The Labute approximate surface area is 189 Å². The molecule has 1 aromatic heterocycles. The zero-order valence-electron chi connectivity index (χ0n) is 16.4. The van der Waals surface area contributed by atoms with Crippen molar-refractivity contribution in [1.82, 2.24) is 9.97 Å². The summed E-state index contributed by atoms with van der Waals surface area (Å²) in [6, 6.07) is 10.5. The molecule has 0 aliphatic rings. The van der Waals surface area contributed by atoms with Crippen LogP contribution in [0.2, 0.25) is 10.3 Å².